The fourth-order valence-corrected chi connectivity index (χ4v) is 4.54. The summed E-state index contributed by atoms with van der Waals surface area (Å²) in [6.45, 7) is 1.78. The van der Waals surface area contributed by atoms with Gasteiger partial charge in [-0.2, -0.15) is 0 Å². The Kier molecular flexibility index (Phi) is 4.68. The molecule has 1 aliphatic carbocycles. The Morgan fingerprint density at radius 1 is 1.45 bits per heavy atom. The Hall–Kier alpha value is -1.10. The molecule has 1 aliphatic rings. The standard InChI is InChI=1S/C10H17N5O3S2/c1-6(16)12-9-13-14-10(19-9)20(17,18)15-8-4-2-3-7(8)5-11/h7-8,15H,2-5,11H2,1H3,(H,12,13,16). The third-order valence-corrected chi connectivity index (χ3v) is 5.88. The predicted octanol–water partition coefficient (Wildman–Crippen LogP) is -0.0978. The van der Waals surface area contributed by atoms with Crippen LogP contribution in [0.5, 0.6) is 0 Å². The second-order valence-electron chi connectivity index (χ2n) is 4.71. The van der Waals surface area contributed by atoms with Gasteiger partial charge in [-0.3, -0.25) is 4.79 Å². The van der Waals surface area contributed by atoms with Crippen LogP contribution in [-0.2, 0) is 14.8 Å². The molecule has 1 amide bonds. The SMILES string of the molecule is CC(=O)Nc1nnc(S(=O)(=O)NC2CCCC2CN)s1. The minimum atomic E-state index is -3.71. The number of hydrogen-bond donors (Lipinski definition) is 3. The van der Waals surface area contributed by atoms with Crippen LogP contribution < -0.4 is 15.8 Å². The summed E-state index contributed by atoms with van der Waals surface area (Å²) in [5, 5.41) is 9.81. The highest BCUT2D eigenvalue weighted by atomic mass is 32.2. The largest absolute Gasteiger partial charge is 0.330 e. The van der Waals surface area contributed by atoms with Crippen molar-refractivity contribution in [3.05, 3.63) is 0 Å². The number of aromatic nitrogens is 2. The molecule has 1 aromatic heterocycles. The van der Waals surface area contributed by atoms with Gasteiger partial charge in [0.2, 0.25) is 15.4 Å². The van der Waals surface area contributed by atoms with Gasteiger partial charge in [0.25, 0.3) is 10.0 Å². The lowest BCUT2D eigenvalue weighted by Gasteiger charge is -2.18. The number of sulfonamides is 1. The van der Waals surface area contributed by atoms with Crippen LogP contribution in [0.25, 0.3) is 0 Å². The van der Waals surface area contributed by atoms with Gasteiger partial charge in [0, 0.05) is 13.0 Å². The topological polar surface area (TPSA) is 127 Å². The summed E-state index contributed by atoms with van der Waals surface area (Å²) in [5.74, 6) is -0.162. The number of rotatable bonds is 5. The molecule has 112 valence electrons. The zero-order valence-corrected chi connectivity index (χ0v) is 12.6. The normalized spacial score (nSPS) is 22.9. The van der Waals surface area contributed by atoms with E-state index in [1.165, 1.54) is 6.92 Å². The Bertz CT molecular complexity index is 585. The molecule has 0 saturated heterocycles. The minimum absolute atomic E-state index is 0.149. The molecule has 8 nitrogen and oxygen atoms in total. The van der Waals surface area contributed by atoms with Crippen LogP contribution in [0.1, 0.15) is 26.2 Å². The molecule has 2 unspecified atom stereocenters. The smallest absolute Gasteiger partial charge is 0.270 e. The van der Waals surface area contributed by atoms with E-state index in [0.717, 1.165) is 30.6 Å². The fraction of sp³-hybridized carbons (Fsp3) is 0.700. The first-order valence-corrected chi connectivity index (χ1v) is 8.56. The minimum Gasteiger partial charge on any atom is -0.330 e. The summed E-state index contributed by atoms with van der Waals surface area (Å²) in [7, 11) is -3.71. The third-order valence-electron chi connectivity index (χ3n) is 3.19. The van der Waals surface area contributed by atoms with Gasteiger partial charge in [-0.25, -0.2) is 13.1 Å². The number of anilines is 1. The summed E-state index contributed by atoms with van der Waals surface area (Å²) >= 11 is 0.824. The maximum Gasteiger partial charge on any atom is 0.270 e. The first-order valence-electron chi connectivity index (χ1n) is 6.26. The second kappa shape index (κ2) is 6.12. The van der Waals surface area contributed by atoms with Crippen molar-refractivity contribution in [1.82, 2.24) is 14.9 Å². The van der Waals surface area contributed by atoms with Gasteiger partial charge < -0.3 is 11.1 Å². The molecule has 0 aromatic carbocycles. The van der Waals surface area contributed by atoms with Gasteiger partial charge >= 0.3 is 0 Å². The van der Waals surface area contributed by atoms with Crippen LogP contribution >= 0.6 is 11.3 Å². The molecule has 4 N–H and O–H groups in total. The molecule has 0 aliphatic heterocycles. The molecular weight excluding hydrogens is 302 g/mol. The number of carbonyl (C=O) groups excluding carboxylic acids is 1. The lowest BCUT2D eigenvalue weighted by Crippen LogP contribution is -2.39. The zero-order chi connectivity index (χ0) is 14.8. The maximum absolute atomic E-state index is 12.2. The average molecular weight is 319 g/mol. The van der Waals surface area contributed by atoms with Crippen molar-refractivity contribution in [3.8, 4) is 0 Å². The summed E-state index contributed by atoms with van der Waals surface area (Å²) in [6.07, 6.45) is 2.66. The van der Waals surface area contributed by atoms with Crippen LogP contribution in [0.4, 0.5) is 5.13 Å². The monoisotopic (exact) mass is 319 g/mol. The van der Waals surface area contributed by atoms with Gasteiger partial charge in [-0.05, 0) is 25.3 Å². The lowest BCUT2D eigenvalue weighted by molar-refractivity contribution is -0.114. The molecule has 2 atom stereocenters. The molecule has 10 heteroatoms. The first kappa shape index (κ1) is 15.3. The predicted molar refractivity (Wildman–Crippen MR) is 74.7 cm³/mol. The highest BCUT2D eigenvalue weighted by Gasteiger charge is 2.32. The van der Waals surface area contributed by atoms with E-state index in [2.05, 4.69) is 20.2 Å². The van der Waals surface area contributed by atoms with E-state index in [1.807, 2.05) is 0 Å². The Balaban J connectivity index is 2.10. The molecule has 0 spiro atoms. The van der Waals surface area contributed by atoms with Gasteiger partial charge in [0.1, 0.15) is 0 Å². The zero-order valence-electron chi connectivity index (χ0n) is 11.0. The summed E-state index contributed by atoms with van der Waals surface area (Å²) in [5.41, 5.74) is 5.63. The maximum atomic E-state index is 12.2. The van der Waals surface area contributed by atoms with Crippen molar-refractivity contribution < 1.29 is 13.2 Å². The van der Waals surface area contributed by atoms with Crippen LogP contribution in [0.2, 0.25) is 0 Å². The summed E-state index contributed by atoms with van der Waals surface area (Å²) in [6, 6.07) is -0.155. The fourth-order valence-electron chi connectivity index (χ4n) is 2.24. The number of hydrogen-bond acceptors (Lipinski definition) is 7. The molecule has 1 aromatic rings. The first-order chi connectivity index (χ1) is 9.42. The van der Waals surface area contributed by atoms with E-state index in [4.69, 9.17) is 5.73 Å². The molecule has 2 rings (SSSR count). The lowest BCUT2D eigenvalue weighted by atomic mass is 10.1. The van der Waals surface area contributed by atoms with Crippen molar-refractivity contribution in [2.75, 3.05) is 11.9 Å². The van der Waals surface area contributed by atoms with Crippen molar-refractivity contribution in [2.45, 2.75) is 36.6 Å². The number of carbonyl (C=O) groups is 1. The average Bonchev–Trinajstić information content (AvgIpc) is 2.97. The molecule has 0 radical (unpaired) electrons. The van der Waals surface area contributed by atoms with Crippen LogP contribution in [0.3, 0.4) is 0 Å². The highest BCUT2D eigenvalue weighted by molar-refractivity contribution is 7.91. The molecular formula is C10H17N5O3S2. The van der Waals surface area contributed by atoms with E-state index in [9.17, 15) is 13.2 Å². The van der Waals surface area contributed by atoms with Crippen LogP contribution in [0, 0.1) is 5.92 Å². The Labute approximate surface area is 121 Å². The summed E-state index contributed by atoms with van der Waals surface area (Å²) in [4.78, 5) is 10.9. The van der Waals surface area contributed by atoms with Crippen molar-refractivity contribution >= 4 is 32.4 Å². The quantitative estimate of drug-likeness (QED) is 0.650. The van der Waals surface area contributed by atoms with E-state index in [0.29, 0.717) is 6.54 Å². The van der Waals surface area contributed by atoms with Gasteiger partial charge in [0.15, 0.2) is 0 Å². The highest BCUT2D eigenvalue weighted by Crippen LogP contribution is 2.27. The second-order valence-corrected chi connectivity index (χ2v) is 7.57. The number of nitrogens with two attached hydrogens (primary N) is 1. The molecule has 1 heterocycles. The van der Waals surface area contributed by atoms with E-state index < -0.39 is 10.0 Å². The number of nitrogens with zero attached hydrogens (tertiary/aromatic N) is 2. The Morgan fingerprint density at radius 2 is 2.20 bits per heavy atom. The van der Waals surface area contributed by atoms with E-state index >= 15 is 0 Å². The van der Waals surface area contributed by atoms with Crippen molar-refractivity contribution in [1.29, 1.82) is 0 Å². The summed E-state index contributed by atoms with van der Waals surface area (Å²) < 4.78 is 26.9. The van der Waals surface area contributed by atoms with Gasteiger partial charge in [0.05, 0.1) is 0 Å². The molecule has 0 bridgehead atoms. The number of amides is 1. The van der Waals surface area contributed by atoms with Gasteiger partial charge in [-0.1, -0.05) is 17.8 Å². The van der Waals surface area contributed by atoms with E-state index in [-0.39, 0.29) is 27.3 Å². The van der Waals surface area contributed by atoms with Crippen LogP contribution in [0.15, 0.2) is 4.34 Å². The van der Waals surface area contributed by atoms with Crippen LogP contribution in [-0.4, -0.2) is 37.1 Å². The molecule has 20 heavy (non-hydrogen) atoms. The van der Waals surface area contributed by atoms with Crippen molar-refractivity contribution in [2.24, 2.45) is 11.7 Å². The van der Waals surface area contributed by atoms with Gasteiger partial charge in [-0.15, -0.1) is 10.2 Å². The molecule has 1 fully saturated rings. The molecule has 1 saturated carbocycles. The van der Waals surface area contributed by atoms with E-state index in [1.54, 1.807) is 0 Å². The Morgan fingerprint density at radius 3 is 2.85 bits per heavy atom. The third kappa shape index (κ3) is 3.51. The van der Waals surface area contributed by atoms with Crippen molar-refractivity contribution in [3.63, 3.8) is 0 Å². The number of nitrogens with one attached hydrogen (secondary N) is 2.